The van der Waals surface area contributed by atoms with Gasteiger partial charge < -0.3 is 0 Å². The number of rotatable bonds is 0. The second-order valence-electron chi connectivity index (χ2n) is 0. The maximum absolute atomic E-state index is 6.50. The summed E-state index contributed by atoms with van der Waals surface area (Å²) in [6.07, 6.45) is 0. The summed E-state index contributed by atoms with van der Waals surface area (Å²) in [6.45, 7) is 21.0. The first-order chi connectivity index (χ1) is 6.00. The molecule has 0 aliphatic carbocycles. The van der Waals surface area contributed by atoms with Gasteiger partial charge in [-0.05, 0) is 0 Å². The quantitative estimate of drug-likeness (QED) is 0.512. The standard InChI is InChI=1S/6CHN.Fe.3K.3H/c6*1-2;;;;;;;/h6*1H;;;;;;;. The SMILES string of the molecule is C#N.C#N.C#N.C#N.C#N.C#N.[Fe].[KH].[KH].[KH]. The van der Waals surface area contributed by atoms with E-state index in [0.29, 0.717) is 0 Å². The fourth-order valence-electron chi connectivity index (χ4n) is 0. The van der Waals surface area contributed by atoms with Crippen molar-refractivity contribution in [3.8, 4) is 39.4 Å². The molecule has 0 aliphatic rings. The average Bonchev–Trinajstić information content (AvgIpc) is 2.33. The Morgan fingerprint density at radius 2 is 0.312 bits per heavy atom. The van der Waals surface area contributed by atoms with Crippen LogP contribution >= 0.6 is 0 Å². The molecule has 0 bridgehead atoms. The van der Waals surface area contributed by atoms with E-state index in [9.17, 15) is 0 Å². The first-order valence-corrected chi connectivity index (χ1v) is 1.55. The molecule has 0 N–H and O–H groups in total. The topological polar surface area (TPSA) is 143 Å². The summed E-state index contributed by atoms with van der Waals surface area (Å²) >= 11 is 0. The molecule has 10 heteroatoms. The van der Waals surface area contributed by atoms with Crippen molar-refractivity contribution in [2.24, 2.45) is 0 Å². The van der Waals surface area contributed by atoms with Crippen molar-refractivity contribution >= 4 is 154 Å². The molecular weight excluding hydrogens is 329 g/mol. The zero-order chi connectivity index (χ0) is 12.0. The fraction of sp³-hybridized carbons (Fsp3) is 0. The Labute approximate surface area is 235 Å². The monoisotopic (exact) mass is 338 g/mol. The van der Waals surface area contributed by atoms with Gasteiger partial charge in [-0.2, -0.15) is 0 Å². The first-order valence-electron chi connectivity index (χ1n) is 1.55. The summed E-state index contributed by atoms with van der Waals surface area (Å²) in [5.41, 5.74) is 0. The van der Waals surface area contributed by atoms with Crippen LogP contribution in [0.3, 0.4) is 0 Å². The van der Waals surface area contributed by atoms with Gasteiger partial charge in [0.1, 0.15) is 0 Å². The number of hydrogen-bond acceptors (Lipinski definition) is 6. The Hall–Kier alpha value is 2.37. The molecule has 0 radical (unpaired) electrons. The molecule has 0 saturated carbocycles. The molecule has 74 valence electrons. The van der Waals surface area contributed by atoms with E-state index < -0.39 is 0 Å². The normalized spacial score (nSPS) is 0.750. The fourth-order valence-corrected chi connectivity index (χ4v) is 0. The maximum atomic E-state index is 6.50. The summed E-state index contributed by atoms with van der Waals surface area (Å²) in [5.74, 6) is 0. The first kappa shape index (κ1) is 79.1. The van der Waals surface area contributed by atoms with Gasteiger partial charge >= 0.3 is 154 Å². The zero-order valence-electron chi connectivity index (χ0n) is 6.50. The predicted octanol–water partition coefficient (Wildman–Crippen LogP) is -1.11. The third-order valence-corrected chi connectivity index (χ3v) is 0. The zero-order valence-corrected chi connectivity index (χ0v) is 7.61. The van der Waals surface area contributed by atoms with E-state index in [-0.39, 0.29) is 171 Å². The summed E-state index contributed by atoms with van der Waals surface area (Å²) < 4.78 is 0. The molecule has 6 nitrogen and oxygen atoms in total. The number of nitriles is 6. The summed E-state index contributed by atoms with van der Waals surface area (Å²) in [6, 6.07) is 0. The van der Waals surface area contributed by atoms with Crippen LogP contribution in [-0.4, -0.2) is 154 Å². The van der Waals surface area contributed by atoms with E-state index in [0.717, 1.165) is 0 Å². The predicted molar refractivity (Wildman–Crippen MR) is 61.5 cm³/mol. The second-order valence-corrected chi connectivity index (χ2v) is 0. The molecule has 0 aromatic rings. The van der Waals surface area contributed by atoms with Gasteiger partial charge in [0.05, 0.1) is 0 Å². The Morgan fingerprint density at radius 3 is 0.312 bits per heavy atom. The van der Waals surface area contributed by atoms with Crippen LogP contribution in [0.4, 0.5) is 0 Å². The van der Waals surface area contributed by atoms with Gasteiger partial charge in [0, 0.05) is 56.5 Å². The van der Waals surface area contributed by atoms with Crippen LogP contribution in [0.25, 0.3) is 0 Å². The summed E-state index contributed by atoms with van der Waals surface area (Å²) in [5, 5.41) is 39.0. The van der Waals surface area contributed by atoms with Crippen LogP contribution in [-0.2, 0) is 17.1 Å². The van der Waals surface area contributed by atoms with Crippen LogP contribution < -0.4 is 0 Å². The Balaban J connectivity index is -0.00000000321. The van der Waals surface area contributed by atoms with Crippen molar-refractivity contribution in [3.05, 3.63) is 0 Å². The van der Waals surface area contributed by atoms with E-state index in [1.165, 1.54) is 0 Å². The molecule has 0 aliphatic heterocycles. The van der Waals surface area contributed by atoms with Crippen LogP contribution in [0.1, 0.15) is 0 Å². The van der Waals surface area contributed by atoms with Crippen LogP contribution in [0, 0.1) is 71.0 Å². The molecule has 0 rings (SSSR count). The Kier molecular flexibility index (Phi) is 4100. The van der Waals surface area contributed by atoms with E-state index in [1.54, 1.807) is 0 Å². The van der Waals surface area contributed by atoms with Gasteiger partial charge in [-0.3, -0.25) is 0 Å². The molecule has 0 fully saturated rings. The van der Waals surface area contributed by atoms with Crippen LogP contribution in [0.15, 0.2) is 0 Å². The molecule has 0 spiro atoms. The van der Waals surface area contributed by atoms with Crippen molar-refractivity contribution in [2.75, 3.05) is 0 Å². The molecule has 0 aromatic heterocycles. The molecule has 0 aromatic carbocycles. The third kappa shape index (κ3) is 689. The summed E-state index contributed by atoms with van der Waals surface area (Å²) in [7, 11) is 0. The van der Waals surface area contributed by atoms with E-state index in [1.807, 2.05) is 0 Å². The van der Waals surface area contributed by atoms with Crippen molar-refractivity contribution in [2.45, 2.75) is 0 Å². The van der Waals surface area contributed by atoms with E-state index >= 15 is 0 Å². The molecular formula is C6H9FeK3N6. The van der Waals surface area contributed by atoms with Gasteiger partial charge in [0.25, 0.3) is 0 Å². The molecule has 16 heavy (non-hydrogen) atoms. The third-order valence-electron chi connectivity index (χ3n) is 0. The van der Waals surface area contributed by atoms with Gasteiger partial charge in [0.15, 0.2) is 0 Å². The molecule has 0 saturated heterocycles. The number of nitrogens with zero attached hydrogens (tertiary/aromatic N) is 6. The van der Waals surface area contributed by atoms with E-state index in [4.69, 9.17) is 31.6 Å². The minimum absolute atomic E-state index is 0. The van der Waals surface area contributed by atoms with E-state index in [2.05, 4.69) is 39.4 Å². The van der Waals surface area contributed by atoms with Crippen molar-refractivity contribution in [1.29, 1.82) is 31.6 Å². The Bertz CT molecular complexity index is 103. The van der Waals surface area contributed by atoms with Crippen molar-refractivity contribution in [3.63, 3.8) is 0 Å². The molecule has 0 unspecified atom stereocenters. The van der Waals surface area contributed by atoms with Gasteiger partial charge in [-0.15, -0.1) is 0 Å². The Morgan fingerprint density at radius 1 is 0.312 bits per heavy atom. The van der Waals surface area contributed by atoms with Crippen LogP contribution in [0.2, 0.25) is 0 Å². The van der Waals surface area contributed by atoms with Gasteiger partial charge in [-0.1, -0.05) is 0 Å². The minimum atomic E-state index is 0. The van der Waals surface area contributed by atoms with Crippen molar-refractivity contribution < 1.29 is 17.1 Å². The second kappa shape index (κ2) is 829. The van der Waals surface area contributed by atoms with Crippen molar-refractivity contribution in [1.82, 2.24) is 0 Å². The summed E-state index contributed by atoms with van der Waals surface area (Å²) in [4.78, 5) is 0. The average molecular weight is 338 g/mol. The molecule has 0 atom stereocenters. The number of hydrogen-bond donors (Lipinski definition) is 0. The van der Waals surface area contributed by atoms with Gasteiger partial charge in [-0.25, -0.2) is 31.6 Å². The molecule has 0 heterocycles. The van der Waals surface area contributed by atoms with Crippen LogP contribution in [0.5, 0.6) is 0 Å². The molecule has 0 amide bonds. The van der Waals surface area contributed by atoms with Gasteiger partial charge in [0.2, 0.25) is 0 Å².